The monoisotopic (exact) mass is 254 g/mol. The number of rotatable bonds is 5. The molecule has 0 radical (unpaired) electrons. The Bertz CT molecular complexity index is 409. The lowest BCUT2D eigenvalue weighted by atomic mass is 10.2. The second kappa shape index (κ2) is 6.11. The highest BCUT2D eigenvalue weighted by Crippen LogP contribution is 2.40. The van der Waals surface area contributed by atoms with Gasteiger partial charge in [-0.3, -0.25) is 4.79 Å². The van der Waals surface area contributed by atoms with Crippen LogP contribution in [0.2, 0.25) is 0 Å². The maximum Gasteiger partial charge on any atom is 0.240 e. The maximum absolute atomic E-state index is 11.7. The molecule has 2 N–H and O–H groups in total. The number of nitrogens with two attached hydrogens (primary N) is 1. The summed E-state index contributed by atoms with van der Waals surface area (Å²) >= 11 is 0. The summed E-state index contributed by atoms with van der Waals surface area (Å²) < 4.78 is 15.6. The Morgan fingerprint density at radius 2 is 1.67 bits per heavy atom. The van der Waals surface area contributed by atoms with Gasteiger partial charge in [0.15, 0.2) is 0 Å². The first-order valence-electron chi connectivity index (χ1n) is 5.35. The van der Waals surface area contributed by atoms with Crippen LogP contribution in [0.4, 0.5) is 5.69 Å². The summed E-state index contributed by atoms with van der Waals surface area (Å²) in [5.74, 6) is 1.31. The fraction of sp³-hybridized carbons (Fsp3) is 0.417. The molecule has 0 atom stereocenters. The van der Waals surface area contributed by atoms with Crippen molar-refractivity contribution in [3.05, 3.63) is 12.1 Å². The SMILES string of the molecule is COc1cc(OC)c(N(C)C(=O)CN)c(OC)c1. The van der Waals surface area contributed by atoms with Crippen LogP contribution in [0.25, 0.3) is 0 Å². The quantitative estimate of drug-likeness (QED) is 0.834. The molecule has 0 aliphatic rings. The molecular formula is C12H18N2O4. The molecule has 1 amide bonds. The van der Waals surface area contributed by atoms with E-state index in [1.165, 1.54) is 19.1 Å². The molecule has 0 bridgehead atoms. The van der Waals surface area contributed by atoms with Crippen LogP contribution < -0.4 is 24.8 Å². The normalized spacial score (nSPS) is 9.83. The molecule has 0 spiro atoms. The summed E-state index contributed by atoms with van der Waals surface area (Å²) in [6.45, 7) is -0.0885. The number of carbonyl (C=O) groups excluding carboxylic acids is 1. The van der Waals surface area contributed by atoms with Gasteiger partial charge in [0, 0.05) is 19.2 Å². The van der Waals surface area contributed by atoms with Gasteiger partial charge in [-0.2, -0.15) is 0 Å². The molecule has 18 heavy (non-hydrogen) atoms. The highest BCUT2D eigenvalue weighted by atomic mass is 16.5. The number of ether oxygens (including phenoxy) is 3. The van der Waals surface area contributed by atoms with Gasteiger partial charge in [0.25, 0.3) is 0 Å². The molecular weight excluding hydrogens is 236 g/mol. The molecule has 0 aliphatic carbocycles. The van der Waals surface area contributed by atoms with Gasteiger partial charge in [-0.15, -0.1) is 0 Å². The Morgan fingerprint density at radius 1 is 1.17 bits per heavy atom. The smallest absolute Gasteiger partial charge is 0.240 e. The molecule has 6 heteroatoms. The minimum Gasteiger partial charge on any atom is -0.496 e. The van der Waals surface area contributed by atoms with Crippen molar-refractivity contribution in [3.63, 3.8) is 0 Å². The van der Waals surface area contributed by atoms with Crippen LogP contribution >= 0.6 is 0 Å². The van der Waals surface area contributed by atoms with Crippen LogP contribution in [-0.2, 0) is 4.79 Å². The largest absolute Gasteiger partial charge is 0.496 e. The van der Waals surface area contributed by atoms with Gasteiger partial charge < -0.3 is 24.8 Å². The van der Waals surface area contributed by atoms with E-state index in [9.17, 15) is 4.79 Å². The van der Waals surface area contributed by atoms with E-state index in [-0.39, 0.29) is 12.5 Å². The van der Waals surface area contributed by atoms with E-state index in [2.05, 4.69) is 0 Å². The van der Waals surface area contributed by atoms with Crippen molar-refractivity contribution < 1.29 is 19.0 Å². The minimum atomic E-state index is -0.239. The third kappa shape index (κ3) is 2.65. The van der Waals surface area contributed by atoms with Crippen LogP contribution in [0.1, 0.15) is 0 Å². The Balaban J connectivity index is 3.35. The second-order valence-corrected chi connectivity index (χ2v) is 3.54. The Labute approximate surface area is 106 Å². The number of amides is 1. The number of hydrogen-bond acceptors (Lipinski definition) is 5. The van der Waals surface area contributed by atoms with E-state index in [4.69, 9.17) is 19.9 Å². The van der Waals surface area contributed by atoms with Crippen LogP contribution in [0.5, 0.6) is 17.2 Å². The van der Waals surface area contributed by atoms with Gasteiger partial charge in [-0.05, 0) is 0 Å². The summed E-state index contributed by atoms with van der Waals surface area (Å²) in [5.41, 5.74) is 5.88. The molecule has 0 saturated heterocycles. The number of methoxy groups -OCH3 is 3. The lowest BCUT2D eigenvalue weighted by molar-refractivity contribution is -0.117. The zero-order chi connectivity index (χ0) is 13.7. The van der Waals surface area contributed by atoms with Gasteiger partial charge in [0.05, 0.1) is 27.9 Å². The van der Waals surface area contributed by atoms with Crippen molar-refractivity contribution in [1.82, 2.24) is 0 Å². The van der Waals surface area contributed by atoms with Crippen LogP contribution in [-0.4, -0.2) is 40.8 Å². The van der Waals surface area contributed by atoms with E-state index in [1.807, 2.05) is 0 Å². The molecule has 6 nitrogen and oxygen atoms in total. The molecule has 0 aromatic heterocycles. The number of benzene rings is 1. The van der Waals surface area contributed by atoms with Gasteiger partial charge in [-0.25, -0.2) is 0 Å². The molecule has 0 unspecified atom stereocenters. The van der Waals surface area contributed by atoms with Crippen LogP contribution in [0.15, 0.2) is 12.1 Å². The lowest BCUT2D eigenvalue weighted by Gasteiger charge is -2.22. The highest BCUT2D eigenvalue weighted by molar-refractivity contribution is 5.97. The lowest BCUT2D eigenvalue weighted by Crippen LogP contribution is -2.33. The molecule has 0 heterocycles. The number of nitrogens with zero attached hydrogens (tertiary/aromatic N) is 1. The molecule has 100 valence electrons. The predicted octanol–water partition coefficient (Wildman–Crippen LogP) is 0.634. The Morgan fingerprint density at radius 3 is 2.00 bits per heavy atom. The van der Waals surface area contributed by atoms with E-state index >= 15 is 0 Å². The highest BCUT2D eigenvalue weighted by Gasteiger charge is 2.20. The first-order chi connectivity index (χ1) is 8.58. The molecule has 0 fully saturated rings. The average molecular weight is 254 g/mol. The maximum atomic E-state index is 11.7. The second-order valence-electron chi connectivity index (χ2n) is 3.54. The summed E-state index contributed by atoms with van der Waals surface area (Å²) in [6, 6.07) is 3.36. The third-order valence-corrected chi connectivity index (χ3v) is 2.57. The van der Waals surface area contributed by atoms with Gasteiger partial charge in [0.2, 0.25) is 5.91 Å². The Kier molecular flexibility index (Phi) is 4.79. The first-order valence-corrected chi connectivity index (χ1v) is 5.35. The zero-order valence-corrected chi connectivity index (χ0v) is 11.0. The first kappa shape index (κ1) is 14.1. The predicted molar refractivity (Wildman–Crippen MR) is 68.6 cm³/mol. The Hall–Kier alpha value is -1.95. The molecule has 0 saturated carbocycles. The summed E-state index contributed by atoms with van der Waals surface area (Å²) in [6.07, 6.45) is 0. The van der Waals surface area contributed by atoms with Crippen molar-refractivity contribution in [1.29, 1.82) is 0 Å². The topological polar surface area (TPSA) is 74.0 Å². The average Bonchev–Trinajstić information content (AvgIpc) is 2.43. The third-order valence-electron chi connectivity index (χ3n) is 2.57. The van der Waals surface area contributed by atoms with E-state index in [0.29, 0.717) is 22.9 Å². The molecule has 1 aromatic rings. The molecule has 0 aliphatic heterocycles. The van der Waals surface area contributed by atoms with Crippen molar-refractivity contribution >= 4 is 11.6 Å². The van der Waals surface area contributed by atoms with E-state index in [0.717, 1.165) is 0 Å². The van der Waals surface area contributed by atoms with Crippen molar-refractivity contribution in [2.75, 3.05) is 39.8 Å². The van der Waals surface area contributed by atoms with E-state index < -0.39 is 0 Å². The molecule has 1 aromatic carbocycles. The number of anilines is 1. The fourth-order valence-corrected chi connectivity index (χ4v) is 1.58. The van der Waals surface area contributed by atoms with Crippen LogP contribution in [0, 0.1) is 0 Å². The van der Waals surface area contributed by atoms with E-state index in [1.54, 1.807) is 26.3 Å². The van der Waals surface area contributed by atoms with Crippen molar-refractivity contribution in [3.8, 4) is 17.2 Å². The summed E-state index contributed by atoms with van der Waals surface area (Å²) in [7, 11) is 6.18. The fourth-order valence-electron chi connectivity index (χ4n) is 1.58. The summed E-state index contributed by atoms with van der Waals surface area (Å²) in [4.78, 5) is 13.1. The zero-order valence-electron chi connectivity index (χ0n) is 11.0. The van der Waals surface area contributed by atoms with Crippen molar-refractivity contribution in [2.45, 2.75) is 0 Å². The minimum absolute atomic E-state index is 0.0885. The number of carbonyl (C=O) groups is 1. The summed E-state index contributed by atoms with van der Waals surface area (Å²) in [5, 5.41) is 0. The van der Waals surface area contributed by atoms with Gasteiger partial charge in [-0.1, -0.05) is 0 Å². The van der Waals surface area contributed by atoms with Gasteiger partial charge in [0.1, 0.15) is 22.9 Å². The number of likely N-dealkylation sites (N-methyl/N-ethyl adjacent to an activating group) is 1. The van der Waals surface area contributed by atoms with Gasteiger partial charge >= 0.3 is 0 Å². The van der Waals surface area contributed by atoms with Crippen molar-refractivity contribution in [2.24, 2.45) is 5.73 Å². The number of hydrogen-bond donors (Lipinski definition) is 1. The molecule has 1 rings (SSSR count). The van der Waals surface area contributed by atoms with Crippen LogP contribution in [0.3, 0.4) is 0 Å². The standard InChI is InChI=1S/C12H18N2O4/c1-14(11(15)7-13)12-9(17-3)5-8(16-2)6-10(12)18-4/h5-6H,7,13H2,1-4H3.